The SMILES string of the molecule is CCN(c1ccc2sc(C(=O)Nc3ccc(C)c(Cl)c3)cc2c1)S(=O)(=O)c1ccc(C)cc1. The van der Waals surface area contributed by atoms with Crippen LogP contribution in [0.3, 0.4) is 0 Å². The first kappa shape index (κ1) is 23.3. The number of nitrogens with zero attached hydrogens (tertiary/aromatic N) is 1. The standard InChI is InChI=1S/C25H23ClN2O3S2/c1-4-28(33(30,31)21-10-5-16(2)6-11-21)20-9-12-23-18(13-20)14-24(32-23)25(29)27-19-8-7-17(3)22(26)15-19/h5-15H,4H2,1-3H3,(H,27,29). The smallest absolute Gasteiger partial charge is 0.265 e. The van der Waals surface area contributed by atoms with Gasteiger partial charge in [0, 0.05) is 22.0 Å². The van der Waals surface area contributed by atoms with E-state index in [1.807, 2.05) is 26.0 Å². The van der Waals surface area contributed by atoms with Crippen LogP contribution in [0.4, 0.5) is 11.4 Å². The number of halogens is 1. The fourth-order valence-corrected chi connectivity index (χ4v) is 6.07. The van der Waals surface area contributed by atoms with Gasteiger partial charge in [0.05, 0.1) is 15.5 Å². The zero-order chi connectivity index (χ0) is 23.8. The number of hydrogen-bond donors (Lipinski definition) is 1. The van der Waals surface area contributed by atoms with E-state index in [1.165, 1.54) is 15.6 Å². The van der Waals surface area contributed by atoms with Gasteiger partial charge in [-0.3, -0.25) is 9.10 Å². The zero-order valence-corrected chi connectivity index (χ0v) is 20.8. The van der Waals surface area contributed by atoms with Crippen molar-refractivity contribution < 1.29 is 13.2 Å². The quantitative estimate of drug-likeness (QED) is 0.324. The second-order valence-corrected chi connectivity index (χ2v) is 11.1. The Bertz CT molecular complexity index is 1440. The molecule has 0 saturated heterocycles. The summed E-state index contributed by atoms with van der Waals surface area (Å²) in [5, 5.41) is 4.26. The third-order valence-corrected chi connectivity index (χ3v) is 8.78. The van der Waals surface area contributed by atoms with Crippen molar-refractivity contribution in [2.75, 3.05) is 16.2 Å². The molecule has 1 N–H and O–H groups in total. The number of fused-ring (bicyclic) bond motifs is 1. The summed E-state index contributed by atoms with van der Waals surface area (Å²) in [6, 6.07) is 19.4. The van der Waals surface area contributed by atoms with E-state index in [9.17, 15) is 13.2 Å². The summed E-state index contributed by atoms with van der Waals surface area (Å²) < 4.78 is 28.7. The number of rotatable bonds is 6. The molecule has 5 nitrogen and oxygen atoms in total. The molecule has 4 aromatic rings. The van der Waals surface area contributed by atoms with E-state index in [2.05, 4.69) is 5.32 Å². The lowest BCUT2D eigenvalue weighted by Gasteiger charge is -2.23. The van der Waals surface area contributed by atoms with E-state index in [0.717, 1.165) is 21.2 Å². The summed E-state index contributed by atoms with van der Waals surface area (Å²) in [6.45, 7) is 5.90. The van der Waals surface area contributed by atoms with Crippen LogP contribution >= 0.6 is 22.9 Å². The van der Waals surface area contributed by atoms with Crippen LogP contribution in [0.1, 0.15) is 27.7 Å². The van der Waals surface area contributed by atoms with E-state index in [1.54, 1.807) is 61.5 Å². The molecule has 8 heteroatoms. The van der Waals surface area contributed by atoms with Crippen LogP contribution < -0.4 is 9.62 Å². The lowest BCUT2D eigenvalue weighted by molar-refractivity contribution is 0.103. The van der Waals surface area contributed by atoms with Gasteiger partial charge in [-0.15, -0.1) is 11.3 Å². The van der Waals surface area contributed by atoms with Crippen LogP contribution in [0.5, 0.6) is 0 Å². The minimum absolute atomic E-state index is 0.239. The lowest BCUT2D eigenvalue weighted by Crippen LogP contribution is -2.30. The highest BCUT2D eigenvalue weighted by molar-refractivity contribution is 7.92. The molecule has 170 valence electrons. The minimum atomic E-state index is -3.70. The minimum Gasteiger partial charge on any atom is -0.321 e. The number of thiophene rings is 1. The lowest BCUT2D eigenvalue weighted by atomic mass is 10.2. The van der Waals surface area contributed by atoms with E-state index >= 15 is 0 Å². The van der Waals surface area contributed by atoms with Crippen molar-refractivity contribution in [3.63, 3.8) is 0 Å². The number of hydrogen-bond acceptors (Lipinski definition) is 4. The molecule has 0 aliphatic carbocycles. The number of aryl methyl sites for hydroxylation is 2. The number of benzene rings is 3. The number of carbonyl (C=O) groups excluding carboxylic acids is 1. The van der Waals surface area contributed by atoms with Crippen molar-refractivity contribution in [1.29, 1.82) is 0 Å². The van der Waals surface area contributed by atoms with Crippen molar-refractivity contribution >= 4 is 60.3 Å². The second kappa shape index (κ2) is 9.17. The number of amides is 1. The summed E-state index contributed by atoms with van der Waals surface area (Å²) in [5.41, 5.74) is 3.11. The summed E-state index contributed by atoms with van der Waals surface area (Å²) in [5.74, 6) is -0.239. The fraction of sp³-hybridized carbons (Fsp3) is 0.160. The molecule has 0 saturated carbocycles. The molecular formula is C25H23ClN2O3S2. The van der Waals surface area contributed by atoms with Crippen LogP contribution in [0, 0.1) is 13.8 Å². The number of carbonyl (C=O) groups is 1. The fourth-order valence-electron chi connectivity index (χ4n) is 3.49. The van der Waals surface area contributed by atoms with Crippen LogP contribution in [-0.2, 0) is 10.0 Å². The van der Waals surface area contributed by atoms with Crippen molar-refractivity contribution in [3.05, 3.63) is 87.8 Å². The Morgan fingerprint density at radius 1 is 1.00 bits per heavy atom. The van der Waals surface area contributed by atoms with E-state index in [-0.39, 0.29) is 17.3 Å². The van der Waals surface area contributed by atoms with Crippen LogP contribution in [0.25, 0.3) is 10.1 Å². The molecule has 1 aromatic heterocycles. The summed E-state index contributed by atoms with van der Waals surface area (Å²) in [4.78, 5) is 13.6. The number of sulfonamides is 1. The van der Waals surface area contributed by atoms with Gasteiger partial charge in [0.25, 0.3) is 15.9 Å². The van der Waals surface area contributed by atoms with Gasteiger partial charge in [-0.2, -0.15) is 0 Å². The van der Waals surface area contributed by atoms with Gasteiger partial charge < -0.3 is 5.32 Å². The average molecular weight is 499 g/mol. The van der Waals surface area contributed by atoms with Gasteiger partial charge in [0.15, 0.2) is 0 Å². The molecule has 0 aliphatic rings. The first-order valence-corrected chi connectivity index (χ1v) is 13.0. The molecule has 0 fully saturated rings. The molecule has 0 unspecified atom stereocenters. The molecule has 4 rings (SSSR count). The normalized spacial score (nSPS) is 11.5. The topological polar surface area (TPSA) is 66.5 Å². The first-order valence-electron chi connectivity index (χ1n) is 10.4. The highest BCUT2D eigenvalue weighted by Crippen LogP contribution is 2.32. The Morgan fingerprint density at radius 3 is 2.39 bits per heavy atom. The monoisotopic (exact) mass is 498 g/mol. The highest BCUT2D eigenvalue weighted by atomic mass is 35.5. The molecule has 1 heterocycles. The van der Waals surface area contributed by atoms with Gasteiger partial charge in [-0.1, -0.05) is 35.4 Å². The zero-order valence-electron chi connectivity index (χ0n) is 18.4. The van der Waals surface area contributed by atoms with E-state index < -0.39 is 10.0 Å². The van der Waals surface area contributed by atoms with Crippen LogP contribution in [0.15, 0.2) is 71.6 Å². The Hall–Kier alpha value is -2.87. The average Bonchev–Trinajstić information content (AvgIpc) is 3.21. The van der Waals surface area contributed by atoms with Gasteiger partial charge >= 0.3 is 0 Å². The molecule has 1 amide bonds. The molecule has 0 radical (unpaired) electrons. The largest absolute Gasteiger partial charge is 0.321 e. The maximum atomic E-state index is 13.2. The predicted molar refractivity (Wildman–Crippen MR) is 137 cm³/mol. The van der Waals surface area contributed by atoms with Crippen molar-refractivity contribution in [3.8, 4) is 0 Å². The van der Waals surface area contributed by atoms with Crippen molar-refractivity contribution in [2.45, 2.75) is 25.7 Å². The molecule has 3 aromatic carbocycles. The van der Waals surface area contributed by atoms with E-state index in [0.29, 0.717) is 21.3 Å². The Labute approximate surface area is 202 Å². The molecule has 0 spiro atoms. The molecule has 0 bridgehead atoms. The maximum absolute atomic E-state index is 13.2. The van der Waals surface area contributed by atoms with Crippen LogP contribution in [-0.4, -0.2) is 20.9 Å². The first-order chi connectivity index (χ1) is 15.7. The third kappa shape index (κ3) is 4.76. The molecule has 0 atom stereocenters. The second-order valence-electron chi connectivity index (χ2n) is 7.73. The summed E-state index contributed by atoms with van der Waals surface area (Å²) in [6.07, 6.45) is 0. The third-order valence-electron chi connectivity index (χ3n) is 5.34. The van der Waals surface area contributed by atoms with Crippen molar-refractivity contribution in [1.82, 2.24) is 0 Å². The Morgan fingerprint density at radius 2 is 1.73 bits per heavy atom. The van der Waals surface area contributed by atoms with Gasteiger partial charge in [0.1, 0.15) is 0 Å². The predicted octanol–water partition coefficient (Wildman–Crippen LogP) is 6.64. The van der Waals surface area contributed by atoms with Gasteiger partial charge in [0.2, 0.25) is 0 Å². The molecule has 0 aliphatic heterocycles. The number of nitrogens with one attached hydrogen (secondary N) is 1. The van der Waals surface area contributed by atoms with E-state index in [4.69, 9.17) is 11.6 Å². The summed E-state index contributed by atoms with van der Waals surface area (Å²) in [7, 11) is -3.70. The summed E-state index contributed by atoms with van der Waals surface area (Å²) >= 11 is 7.51. The van der Waals surface area contributed by atoms with Gasteiger partial charge in [-0.05, 0) is 80.3 Å². The van der Waals surface area contributed by atoms with Crippen LogP contribution in [0.2, 0.25) is 5.02 Å². The maximum Gasteiger partial charge on any atom is 0.265 e. The van der Waals surface area contributed by atoms with Gasteiger partial charge in [-0.25, -0.2) is 8.42 Å². The Balaban J connectivity index is 1.63. The molecule has 33 heavy (non-hydrogen) atoms. The van der Waals surface area contributed by atoms with Crippen molar-refractivity contribution in [2.24, 2.45) is 0 Å². The highest BCUT2D eigenvalue weighted by Gasteiger charge is 2.24. The molecular weight excluding hydrogens is 476 g/mol. The Kier molecular flexibility index (Phi) is 6.47. The number of anilines is 2.